The van der Waals surface area contributed by atoms with Crippen molar-refractivity contribution in [2.75, 3.05) is 7.05 Å². The van der Waals surface area contributed by atoms with E-state index in [1.807, 2.05) is 63.2 Å². The summed E-state index contributed by atoms with van der Waals surface area (Å²) in [4.78, 5) is 19.4. The van der Waals surface area contributed by atoms with E-state index in [4.69, 9.17) is 8.94 Å². The van der Waals surface area contributed by atoms with E-state index >= 15 is 0 Å². The maximum atomic E-state index is 13.2. The molecule has 0 bridgehead atoms. The molecule has 3 aromatic heterocycles. The fraction of sp³-hybridized carbons (Fsp3) is 0.227. The first-order valence-electron chi connectivity index (χ1n) is 9.07. The topological polar surface area (TPSA) is 72.4 Å². The number of amides is 1. The molecule has 0 spiro atoms. The van der Waals surface area contributed by atoms with Gasteiger partial charge in [0.25, 0.3) is 11.6 Å². The Labute approximate surface area is 162 Å². The summed E-state index contributed by atoms with van der Waals surface area (Å²) in [6.07, 6.45) is 0. The highest BCUT2D eigenvalue weighted by molar-refractivity contribution is 6.06. The lowest BCUT2D eigenvalue weighted by Gasteiger charge is -2.17. The molecule has 0 radical (unpaired) electrons. The molecule has 4 rings (SSSR count). The van der Waals surface area contributed by atoms with E-state index in [2.05, 4.69) is 10.1 Å². The Morgan fingerprint density at radius 1 is 1.07 bits per heavy atom. The van der Waals surface area contributed by atoms with E-state index in [9.17, 15) is 4.79 Å². The number of hydrogen-bond acceptors (Lipinski definition) is 5. The van der Waals surface area contributed by atoms with Crippen LogP contribution in [-0.2, 0) is 6.54 Å². The van der Waals surface area contributed by atoms with Crippen molar-refractivity contribution in [2.45, 2.75) is 27.3 Å². The maximum absolute atomic E-state index is 13.2. The van der Waals surface area contributed by atoms with Crippen molar-refractivity contribution < 1.29 is 13.7 Å². The van der Waals surface area contributed by atoms with E-state index < -0.39 is 0 Å². The fourth-order valence-corrected chi connectivity index (χ4v) is 3.22. The van der Waals surface area contributed by atoms with Crippen LogP contribution in [0.1, 0.15) is 33.1 Å². The van der Waals surface area contributed by atoms with Gasteiger partial charge in [0.1, 0.15) is 11.5 Å². The summed E-state index contributed by atoms with van der Waals surface area (Å²) in [5.41, 5.74) is 4.27. The third kappa shape index (κ3) is 3.29. The molecule has 0 saturated heterocycles. The fourth-order valence-electron chi connectivity index (χ4n) is 3.22. The minimum Gasteiger partial charge on any atom is -0.464 e. The van der Waals surface area contributed by atoms with Gasteiger partial charge in [-0.05, 0) is 39.0 Å². The lowest BCUT2D eigenvalue weighted by atomic mass is 10.0. The first kappa shape index (κ1) is 18.0. The van der Waals surface area contributed by atoms with Crippen LogP contribution in [0.15, 0.2) is 51.4 Å². The van der Waals surface area contributed by atoms with Crippen LogP contribution in [0.2, 0.25) is 0 Å². The molecule has 0 unspecified atom stereocenters. The van der Waals surface area contributed by atoms with Crippen molar-refractivity contribution in [1.82, 2.24) is 15.0 Å². The normalized spacial score (nSPS) is 11.1. The highest BCUT2D eigenvalue weighted by Gasteiger charge is 2.22. The molecule has 4 aromatic rings. The molecular formula is C22H21N3O3. The van der Waals surface area contributed by atoms with E-state index in [1.165, 1.54) is 0 Å². The SMILES string of the molecule is Cc1ccc(-c2cc(C(=O)N(C)Cc3ccc(C)o3)c3c(C)noc3n2)cc1. The van der Waals surface area contributed by atoms with E-state index in [1.54, 1.807) is 11.9 Å². The van der Waals surface area contributed by atoms with Crippen molar-refractivity contribution in [2.24, 2.45) is 0 Å². The molecule has 142 valence electrons. The Bertz CT molecular complexity index is 1160. The summed E-state index contributed by atoms with van der Waals surface area (Å²) < 4.78 is 11.0. The zero-order valence-electron chi connectivity index (χ0n) is 16.3. The van der Waals surface area contributed by atoms with Gasteiger partial charge in [-0.2, -0.15) is 0 Å². The van der Waals surface area contributed by atoms with Crippen molar-refractivity contribution >= 4 is 17.0 Å². The van der Waals surface area contributed by atoms with Gasteiger partial charge >= 0.3 is 0 Å². The predicted molar refractivity (Wildman–Crippen MR) is 106 cm³/mol. The van der Waals surface area contributed by atoms with Crippen molar-refractivity contribution in [1.29, 1.82) is 0 Å². The standard InChI is InChI=1S/C22H21N3O3/c1-13-5-8-16(9-6-13)19-11-18(20-15(3)24-28-21(20)23-19)22(26)25(4)12-17-10-7-14(2)27-17/h5-11H,12H2,1-4H3. The zero-order valence-corrected chi connectivity index (χ0v) is 16.3. The first-order chi connectivity index (χ1) is 13.4. The van der Waals surface area contributed by atoms with Crippen LogP contribution < -0.4 is 0 Å². The van der Waals surface area contributed by atoms with Gasteiger partial charge in [0.15, 0.2) is 0 Å². The average Bonchev–Trinajstić information content (AvgIpc) is 3.26. The molecule has 0 aliphatic heterocycles. The van der Waals surface area contributed by atoms with Crippen LogP contribution >= 0.6 is 0 Å². The average molecular weight is 375 g/mol. The second-order valence-corrected chi connectivity index (χ2v) is 7.04. The zero-order chi connectivity index (χ0) is 19.8. The minimum atomic E-state index is -0.138. The number of hydrogen-bond donors (Lipinski definition) is 0. The van der Waals surface area contributed by atoms with Gasteiger partial charge in [0.2, 0.25) is 0 Å². The molecule has 1 amide bonds. The second kappa shape index (κ2) is 6.96. The van der Waals surface area contributed by atoms with Crippen LogP contribution in [0.5, 0.6) is 0 Å². The number of aromatic nitrogens is 2. The summed E-state index contributed by atoms with van der Waals surface area (Å²) >= 11 is 0. The Hall–Kier alpha value is -3.41. The summed E-state index contributed by atoms with van der Waals surface area (Å²) in [5, 5.41) is 4.65. The molecule has 6 nitrogen and oxygen atoms in total. The number of nitrogens with zero attached hydrogens (tertiary/aromatic N) is 3. The monoisotopic (exact) mass is 375 g/mol. The molecule has 0 atom stereocenters. The summed E-state index contributed by atoms with van der Waals surface area (Å²) in [7, 11) is 1.75. The Morgan fingerprint density at radius 2 is 1.82 bits per heavy atom. The highest BCUT2D eigenvalue weighted by Crippen LogP contribution is 2.28. The van der Waals surface area contributed by atoms with Gasteiger partial charge in [-0.25, -0.2) is 4.98 Å². The second-order valence-electron chi connectivity index (χ2n) is 7.04. The van der Waals surface area contributed by atoms with Gasteiger partial charge in [0.05, 0.1) is 28.9 Å². The third-order valence-electron chi connectivity index (χ3n) is 4.73. The molecule has 28 heavy (non-hydrogen) atoms. The number of aryl methyl sites for hydroxylation is 3. The molecule has 0 aliphatic rings. The summed E-state index contributed by atoms with van der Waals surface area (Å²) in [5.74, 6) is 1.42. The Kier molecular flexibility index (Phi) is 4.47. The van der Waals surface area contributed by atoms with Crippen LogP contribution in [-0.4, -0.2) is 28.0 Å². The molecule has 3 heterocycles. The van der Waals surface area contributed by atoms with E-state index in [0.717, 1.165) is 22.6 Å². The van der Waals surface area contributed by atoms with Gasteiger partial charge < -0.3 is 13.8 Å². The largest absolute Gasteiger partial charge is 0.464 e. The Morgan fingerprint density at radius 3 is 2.50 bits per heavy atom. The Balaban J connectivity index is 1.76. The lowest BCUT2D eigenvalue weighted by molar-refractivity contribution is 0.0777. The number of benzene rings is 1. The molecule has 0 aliphatic carbocycles. The number of rotatable bonds is 4. The molecule has 0 saturated carbocycles. The quantitative estimate of drug-likeness (QED) is 0.518. The maximum Gasteiger partial charge on any atom is 0.259 e. The summed E-state index contributed by atoms with van der Waals surface area (Å²) in [6.45, 7) is 6.10. The van der Waals surface area contributed by atoms with Crippen LogP contribution in [0, 0.1) is 20.8 Å². The molecule has 1 aromatic carbocycles. The van der Waals surface area contributed by atoms with Crippen molar-refractivity contribution in [3.8, 4) is 11.3 Å². The highest BCUT2D eigenvalue weighted by atomic mass is 16.5. The number of pyridine rings is 1. The van der Waals surface area contributed by atoms with E-state index in [0.29, 0.717) is 34.6 Å². The molecule has 0 N–H and O–H groups in total. The predicted octanol–water partition coefficient (Wildman–Crippen LogP) is 4.68. The third-order valence-corrected chi connectivity index (χ3v) is 4.73. The van der Waals surface area contributed by atoms with Crippen LogP contribution in [0.25, 0.3) is 22.4 Å². The number of furan rings is 1. The molecule has 0 fully saturated rings. The summed E-state index contributed by atoms with van der Waals surface area (Å²) in [6, 6.07) is 13.6. The van der Waals surface area contributed by atoms with Gasteiger partial charge in [-0.1, -0.05) is 35.0 Å². The smallest absolute Gasteiger partial charge is 0.259 e. The first-order valence-corrected chi connectivity index (χ1v) is 9.07. The molecular weight excluding hydrogens is 354 g/mol. The van der Waals surface area contributed by atoms with Crippen molar-refractivity contribution in [3.63, 3.8) is 0 Å². The number of carbonyl (C=O) groups is 1. The number of fused-ring (bicyclic) bond motifs is 1. The van der Waals surface area contributed by atoms with Gasteiger partial charge in [-0.3, -0.25) is 4.79 Å². The van der Waals surface area contributed by atoms with Crippen molar-refractivity contribution in [3.05, 3.63) is 70.8 Å². The van der Waals surface area contributed by atoms with Gasteiger partial charge in [-0.15, -0.1) is 0 Å². The lowest BCUT2D eigenvalue weighted by Crippen LogP contribution is -2.26. The van der Waals surface area contributed by atoms with E-state index in [-0.39, 0.29) is 5.91 Å². The van der Waals surface area contributed by atoms with Crippen LogP contribution in [0.4, 0.5) is 0 Å². The number of carbonyl (C=O) groups excluding carboxylic acids is 1. The van der Waals surface area contributed by atoms with Gasteiger partial charge in [0, 0.05) is 12.6 Å². The minimum absolute atomic E-state index is 0.138. The van der Waals surface area contributed by atoms with Crippen LogP contribution in [0.3, 0.4) is 0 Å². The molecule has 6 heteroatoms.